The van der Waals surface area contributed by atoms with Gasteiger partial charge in [0.1, 0.15) is 5.75 Å². The van der Waals surface area contributed by atoms with Crippen LogP contribution in [0.15, 0.2) is 24.3 Å². The number of phenolic OH excluding ortho intramolecular Hbond substituents is 1. The van der Waals surface area contributed by atoms with Crippen molar-refractivity contribution in [1.82, 2.24) is 16.0 Å². The fourth-order valence-electron chi connectivity index (χ4n) is 2.17. The van der Waals surface area contributed by atoms with Gasteiger partial charge in [0.05, 0.1) is 0 Å². The number of phenols is 1. The molecule has 1 aromatic rings. The molecule has 104 valence electrons. The summed E-state index contributed by atoms with van der Waals surface area (Å²) in [6, 6.07) is 6.89. The van der Waals surface area contributed by atoms with Crippen LogP contribution in [0.1, 0.15) is 24.8 Å². The Hall–Kier alpha value is -1.75. The summed E-state index contributed by atoms with van der Waals surface area (Å²) in [6.07, 6.45) is 3.35. The fourth-order valence-corrected chi connectivity index (χ4v) is 2.17. The summed E-state index contributed by atoms with van der Waals surface area (Å²) in [4.78, 5) is 11.8. The lowest BCUT2D eigenvalue weighted by Gasteiger charge is -2.16. The van der Waals surface area contributed by atoms with Gasteiger partial charge in [-0.2, -0.15) is 0 Å². The highest BCUT2D eigenvalue weighted by atomic mass is 16.3. The number of hydrogen-bond donors (Lipinski definition) is 4. The van der Waals surface area contributed by atoms with Gasteiger partial charge in [-0.05, 0) is 37.1 Å². The summed E-state index contributed by atoms with van der Waals surface area (Å²) < 4.78 is 0. The SMILES string of the molecule is O=C(NCc1ccc(O)cc1)NC1CCCCNC1. The quantitative estimate of drug-likeness (QED) is 0.665. The van der Waals surface area contributed by atoms with E-state index in [2.05, 4.69) is 16.0 Å². The van der Waals surface area contributed by atoms with Crippen molar-refractivity contribution in [2.75, 3.05) is 13.1 Å². The van der Waals surface area contributed by atoms with E-state index in [4.69, 9.17) is 0 Å². The lowest BCUT2D eigenvalue weighted by Crippen LogP contribution is -2.45. The summed E-state index contributed by atoms with van der Waals surface area (Å²) in [6.45, 7) is 2.34. The Kier molecular flexibility index (Phi) is 5.03. The van der Waals surface area contributed by atoms with Crippen molar-refractivity contribution in [1.29, 1.82) is 0 Å². The molecule has 1 aliphatic heterocycles. The van der Waals surface area contributed by atoms with E-state index in [1.54, 1.807) is 24.3 Å². The highest BCUT2D eigenvalue weighted by Gasteiger charge is 2.13. The van der Waals surface area contributed by atoms with E-state index in [0.717, 1.165) is 31.5 Å². The first kappa shape index (κ1) is 13.7. The second-order valence-electron chi connectivity index (χ2n) is 4.89. The van der Waals surface area contributed by atoms with Crippen molar-refractivity contribution in [3.05, 3.63) is 29.8 Å². The third kappa shape index (κ3) is 4.79. The van der Waals surface area contributed by atoms with E-state index in [9.17, 15) is 9.90 Å². The van der Waals surface area contributed by atoms with Gasteiger partial charge in [0.15, 0.2) is 0 Å². The number of carbonyl (C=O) groups excluding carboxylic acids is 1. The van der Waals surface area contributed by atoms with Gasteiger partial charge in [0.2, 0.25) is 0 Å². The molecule has 4 N–H and O–H groups in total. The van der Waals surface area contributed by atoms with Crippen LogP contribution in [0.3, 0.4) is 0 Å². The summed E-state index contributed by atoms with van der Waals surface area (Å²) in [7, 11) is 0. The van der Waals surface area contributed by atoms with Crippen LogP contribution in [0.25, 0.3) is 0 Å². The molecule has 0 saturated carbocycles. The predicted octanol–water partition coefficient (Wildman–Crippen LogP) is 1.33. The predicted molar refractivity (Wildman–Crippen MR) is 74.0 cm³/mol. The Labute approximate surface area is 113 Å². The van der Waals surface area contributed by atoms with Crippen molar-refractivity contribution in [3.8, 4) is 5.75 Å². The molecule has 1 atom stereocenters. The third-order valence-corrected chi connectivity index (χ3v) is 3.27. The van der Waals surface area contributed by atoms with Gasteiger partial charge >= 0.3 is 6.03 Å². The molecule has 19 heavy (non-hydrogen) atoms. The minimum Gasteiger partial charge on any atom is -0.508 e. The van der Waals surface area contributed by atoms with E-state index in [1.807, 2.05) is 0 Å². The molecule has 5 nitrogen and oxygen atoms in total. The molecule has 0 aliphatic carbocycles. The van der Waals surface area contributed by atoms with Gasteiger partial charge in [-0.25, -0.2) is 4.79 Å². The van der Waals surface area contributed by atoms with Gasteiger partial charge in [0.25, 0.3) is 0 Å². The highest BCUT2D eigenvalue weighted by molar-refractivity contribution is 5.74. The van der Waals surface area contributed by atoms with Crippen molar-refractivity contribution in [2.45, 2.75) is 31.8 Å². The molecule has 1 aromatic carbocycles. The molecule has 1 heterocycles. The molecule has 1 aliphatic rings. The molecular weight excluding hydrogens is 242 g/mol. The minimum absolute atomic E-state index is 0.137. The maximum atomic E-state index is 11.8. The Morgan fingerprint density at radius 1 is 1.32 bits per heavy atom. The first-order valence-electron chi connectivity index (χ1n) is 6.77. The van der Waals surface area contributed by atoms with E-state index >= 15 is 0 Å². The average Bonchev–Trinajstić information content (AvgIpc) is 2.67. The molecule has 0 spiro atoms. The van der Waals surface area contributed by atoms with Crippen LogP contribution < -0.4 is 16.0 Å². The normalized spacial score (nSPS) is 19.5. The van der Waals surface area contributed by atoms with Crippen molar-refractivity contribution < 1.29 is 9.90 Å². The van der Waals surface area contributed by atoms with Gasteiger partial charge in [-0.3, -0.25) is 0 Å². The molecule has 5 heteroatoms. The average molecular weight is 263 g/mol. The van der Waals surface area contributed by atoms with Crippen LogP contribution in [0.5, 0.6) is 5.75 Å². The van der Waals surface area contributed by atoms with E-state index < -0.39 is 0 Å². The maximum Gasteiger partial charge on any atom is 0.315 e. The van der Waals surface area contributed by atoms with Gasteiger partial charge < -0.3 is 21.1 Å². The summed E-state index contributed by atoms with van der Waals surface area (Å²) in [5.41, 5.74) is 0.965. The van der Waals surface area contributed by atoms with Crippen LogP contribution in [-0.4, -0.2) is 30.3 Å². The zero-order valence-corrected chi connectivity index (χ0v) is 11.0. The lowest BCUT2D eigenvalue weighted by atomic mass is 10.1. The van der Waals surface area contributed by atoms with Crippen LogP contribution in [0.2, 0.25) is 0 Å². The topological polar surface area (TPSA) is 73.4 Å². The first-order chi connectivity index (χ1) is 9.24. The maximum absolute atomic E-state index is 11.8. The number of urea groups is 1. The molecule has 0 radical (unpaired) electrons. The molecular formula is C14H21N3O2. The zero-order chi connectivity index (χ0) is 13.5. The summed E-state index contributed by atoms with van der Waals surface area (Å²) in [5, 5.41) is 18.3. The number of hydrogen-bond acceptors (Lipinski definition) is 3. The molecule has 0 aromatic heterocycles. The van der Waals surface area contributed by atoms with E-state index in [1.165, 1.54) is 6.42 Å². The van der Waals surface area contributed by atoms with Gasteiger partial charge in [-0.1, -0.05) is 18.6 Å². The van der Waals surface area contributed by atoms with E-state index in [0.29, 0.717) is 6.54 Å². The second kappa shape index (κ2) is 6.99. The number of rotatable bonds is 3. The number of amides is 2. The van der Waals surface area contributed by atoms with Crippen LogP contribution >= 0.6 is 0 Å². The summed E-state index contributed by atoms with van der Waals surface area (Å²) in [5.74, 6) is 0.234. The van der Waals surface area contributed by atoms with Crippen molar-refractivity contribution in [3.63, 3.8) is 0 Å². The molecule has 0 bridgehead atoms. The molecule has 1 unspecified atom stereocenters. The van der Waals surface area contributed by atoms with Crippen molar-refractivity contribution >= 4 is 6.03 Å². The largest absolute Gasteiger partial charge is 0.508 e. The fraction of sp³-hybridized carbons (Fsp3) is 0.500. The zero-order valence-electron chi connectivity index (χ0n) is 11.0. The van der Waals surface area contributed by atoms with Gasteiger partial charge in [-0.15, -0.1) is 0 Å². The van der Waals surface area contributed by atoms with Crippen molar-refractivity contribution in [2.24, 2.45) is 0 Å². The number of benzene rings is 1. The Bertz CT molecular complexity index is 398. The molecule has 2 rings (SSSR count). The summed E-state index contributed by atoms with van der Waals surface area (Å²) >= 11 is 0. The monoisotopic (exact) mass is 263 g/mol. The highest BCUT2D eigenvalue weighted by Crippen LogP contribution is 2.09. The van der Waals surface area contributed by atoms with Crippen LogP contribution in [-0.2, 0) is 6.54 Å². The standard InChI is InChI=1S/C14H21N3O2/c18-13-6-4-11(5-7-13)9-16-14(19)17-12-3-1-2-8-15-10-12/h4-7,12,15,18H,1-3,8-10H2,(H2,16,17,19). The first-order valence-corrected chi connectivity index (χ1v) is 6.77. The number of aromatic hydroxyl groups is 1. The smallest absolute Gasteiger partial charge is 0.315 e. The second-order valence-corrected chi connectivity index (χ2v) is 4.89. The van der Waals surface area contributed by atoms with Crippen LogP contribution in [0, 0.1) is 0 Å². The third-order valence-electron chi connectivity index (χ3n) is 3.27. The Balaban J connectivity index is 1.73. The molecule has 1 saturated heterocycles. The van der Waals surface area contributed by atoms with Gasteiger partial charge in [0, 0.05) is 19.1 Å². The molecule has 2 amide bonds. The van der Waals surface area contributed by atoms with Crippen LogP contribution in [0.4, 0.5) is 4.79 Å². The number of nitrogens with one attached hydrogen (secondary N) is 3. The Morgan fingerprint density at radius 3 is 2.89 bits per heavy atom. The van der Waals surface area contributed by atoms with E-state index in [-0.39, 0.29) is 17.8 Å². The minimum atomic E-state index is -0.137. The molecule has 1 fully saturated rings. The lowest BCUT2D eigenvalue weighted by molar-refractivity contribution is 0.236. The number of carbonyl (C=O) groups is 1. The Morgan fingerprint density at radius 2 is 2.11 bits per heavy atom.